The zero-order valence-electron chi connectivity index (χ0n) is 47.3. The van der Waals surface area contributed by atoms with Crippen molar-refractivity contribution in [2.75, 3.05) is 0 Å². The molecule has 0 aliphatic carbocycles. The van der Waals surface area contributed by atoms with Gasteiger partial charge in [-0.2, -0.15) is 0 Å². The number of ether oxygens (including phenoxy) is 1. The summed E-state index contributed by atoms with van der Waals surface area (Å²) in [4.78, 5) is 21.1. The minimum Gasteiger partial charge on any atom is -0.358 e. The van der Waals surface area contributed by atoms with Gasteiger partial charge in [-0.3, -0.25) is 29.1 Å². The summed E-state index contributed by atoms with van der Waals surface area (Å²) in [6, 6.07) is 29.4. The molecule has 13 heteroatoms. The van der Waals surface area contributed by atoms with E-state index in [9.17, 15) is 0 Å². The van der Waals surface area contributed by atoms with E-state index in [4.69, 9.17) is 44.2 Å². The van der Waals surface area contributed by atoms with Gasteiger partial charge in [0.15, 0.2) is 34.1 Å². The lowest BCUT2D eigenvalue weighted by Crippen LogP contribution is -2.56. The van der Waals surface area contributed by atoms with Crippen LogP contribution in [0.15, 0.2) is 95.3 Å². The van der Waals surface area contributed by atoms with Gasteiger partial charge in [0.25, 0.3) is 0 Å². The Hall–Kier alpha value is -6.48. The third-order valence-corrected chi connectivity index (χ3v) is 27.6. The van der Waals surface area contributed by atoms with Crippen LogP contribution in [-0.4, -0.2) is 48.4 Å². The summed E-state index contributed by atoms with van der Waals surface area (Å²) in [5, 5.41) is 18.2. The molecule has 0 N–H and O–H groups in total. The van der Waals surface area contributed by atoms with Crippen molar-refractivity contribution >= 4 is 146 Å². The van der Waals surface area contributed by atoms with Gasteiger partial charge >= 0.3 is 0 Å². The molecule has 7 aromatic rings. The van der Waals surface area contributed by atoms with Gasteiger partial charge in [-0.25, -0.2) is 0 Å². The van der Waals surface area contributed by atoms with Gasteiger partial charge in [0.05, 0.1) is 87.9 Å². The zero-order valence-corrected chi connectivity index (χ0v) is 53.3. The molecule has 2 unspecified atom stereocenters. The Bertz CT molecular complexity index is 3600. The maximum Gasteiger partial charge on any atom is 0.195 e. The normalized spacial score (nSPS) is 15.4. The van der Waals surface area contributed by atoms with Crippen molar-refractivity contribution in [1.82, 2.24) is 0 Å². The van der Waals surface area contributed by atoms with Crippen LogP contribution in [0, 0.1) is 39.4 Å². The minimum absolute atomic E-state index is 0.0831. The summed E-state index contributed by atoms with van der Waals surface area (Å²) in [7, 11) is -8.87. The van der Waals surface area contributed by atoms with Crippen LogP contribution < -0.4 is 20.7 Å². The van der Waals surface area contributed by atoms with Crippen molar-refractivity contribution in [2.45, 2.75) is 130 Å². The monoisotopic (exact) mass is 1080 g/mol. The second-order valence-corrected chi connectivity index (χ2v) is 56.7. The molecule has 0 spiro atoms. The SMILES string of the molecule is [C-]#[N+]c1cc2cc([Si](C)(C)C)c([Si](C)(C)C)cc2cc1[N+]#[C-].[C-]#[N+]c1cc2cc3c(cc2cc1[N+]#[C-])C1OC3C([Si](C)(C)C)=C1[Si](C)(C)C.[C-]#[N+]c1cc2cc3cc([Si](C)(C)C)c([Si](C)(C)C)cc3cc2cc1[N+]#[C-]. The molecule has 0 amide bonds. The Morgan fingerprint density at radius 1 is 0.267 bits per heavy atom. The molecule has 2 aliphatic heterocycles. The Morgan fingerprint density at radius 2 is 0.453 bits per heavy atom. The Kier molecular flexibility index (Phi) is 14.9. The van der Waals surface area contributed by atoms with Gasteiger partial charge in [-0.15, -0.1) is 0 Å². The van der Waals surface area contributed by atoms with E-state index in [1.807, 2.05) is 36.4 Å². The Balaban J connectivity index is 0.000000165. The molecule has 378 valence electrons. The summed E-state index contributed by atoms with van der Waals surface area (Å²) in [6.45, 7) is 87.2. The topological polar surface area (TPSA) is 35.4 Å². The van der Waals surface area contributed by atoms with E-state index < -0.39 is 48.4 Å². The van der Waals surface area contributed by atoms with Gasteiger partial charge in [0, 0.05) is 0 Å². The second-order valence-electron chi connectivity index (χ2n) is 26.4. The molecule has 0 fully saturated rings. The fraction of sp³-hybridized carbons (Fsp3) is 0.323. The first-order valence-corrected chi connectivity index (χ1v) is 46.6. The molecular formula is C62H70N6OSi6. The average Bonchev–Trinajstić information content (AvgIpc) is 3.90. The predicted molar refractivity (Wildman–Crippen MR) is 339 cm³/mol. The van der Waals surface area contributed by atoms with Crippen LogP contribution in [0.4, 0.5) is 34.1 Å². The van der Waals surface area contributed by atoms with Gasteiger partial charge in [-0.05, 0) is 78.5 Å². The molecule has 2 atom stereocenters. The summed E-state index contributed by atoms with van der Waals surface area (Å²) in [6.07, 6.45) is 0.166. The van der Waals surface area contributed by atoms with Crippen molar-refractivity contribution < 1.29 is 4.74 Å². The molecule has 7 nitrogen and oxygen atoms in total. The lowest BCUT2D eigenvalue weighted by molar-refractivity contribution is 0.0835. The molecular weight excluding hydrogens is 1010 g/mol. The van der Waals surface area contributed by atoms with Gasteiger partial charge in [0.1, 0.15) is 12.2 Å². The van der Waals surface area contributed by atoms with Crippen molar-refractivity contribution in [1.29, 1.82) is 0 Å². The van der Waals surface area contributed by atoms with Gasteiger partial charge in [-0.1, -0.05) is 210 Å². The van der Waals surface area contributed by atoms with Crippen molar-refractivity contribution in [3.05, 3.63) is 175 Å². The third kappa shape index (κ3) is 11.1. The lowest BCUT2D eigenvalue weighted by Gasteiger charge is -2.33. The Morgan fingerprint density at radius 3 is 0.640 bits per heavy atom. The molecule has 2 bridgehead atoms. The van der Waals surface area contributed by atoms with E-state index in [2.05, 4.69) is 195 Å². The molecule has 9 rings (SSSR count). The summed E-state index contributed by atoms with van der Waals surface area (Å²) < 4.78 is 6.58. The minimum atomic E-state index is -1.52. The smallest absolute Gasteiger partial charge is 0.195 e. The second kappa shape index (κ2) is 19.9. The molecule has 0 aromatic heterocycles. The van der Waals surface area contributed by atoms with Crippen LogP contribution in [0.25, 0.3) is 72.2 Å². The van der Waals surface area contributed by atoms with Crippen molar-refractivity contribution in [3.8, 4) is 0 Å². The predicted octanol–water partition coefficient (Wildman–Crippen LogP) is 18.3. The molecule has 0 radical (unpaired) electrons. The summed E-state index contributed by atoms with van der Waals surface area (Å²) in [5.41, 5.74) is 5.23. The molecule has 7 aromatic carbocycles. The highest BCUT2D eigenvalue weighted by atomic mass is 28.3. The highest BCUT2D eigenvalue weighted by Gasteiger charge is 2.51. The number of benzene rings is 7. The summed E-state index contributed by atoms with van der Waals surface area (Å²) >= 11 is 0. The fourth-order valence-electron chi connectivity index (χ4n) is 10.8. The maximum atomic E-state index is 7.37. The quantitative estimate of drug-likeness (QED) is 0.0928. The zero-order chi connectivity index (χ0) is 55.7. The van der Waals surface area contributed by atoms with Crippen molar-refractivity contribution in [3.63, 3.8) is 0 Å². The number of nitrogens with zero attached hydrogens (tertiary/aromatic N) is 6. The first-order chi connectivity index (χ1) is 34.7. The average molecular weight is 1080 g/mol. The van der Waals surface area contributed by atoms with E-state index >= 15 is 0 Å². The first kappa shape index (κ1) is 56.3. The third-order valence-electron chi connectivity index (χ3n) is 14.5. The number of rotatable bonds is 6. The maximum absolute atomic E-state index is 7.37. The lowest BCUT2D eigenvalue weighted by atomic mass is 9.92. The van der Waals surface area contributed by atoms with Crippen LogP contribution in [-0.2, 0) is 4.74 Å². The number of hydrogen-bond donors (Lipinski definition) is 0. The van der Waals surface area contributed by atoms with E-state index in [1.165, 1.54) is 32.3 Å². The van der Waals surface area contributed by atoms with E-state index in [-0.39, 0.29) is 12.2 Å². The van der Waals surface area contributed by atoms with Crippen LogP contribution in [0.3, 0.4) is 0 Å². The molecule has 0 saturated carbocycles. The Labute approximate surface area is 453 Å². The largest absolute Gasteiger partial charge is 0.358 e. The molecule has 75 heavy (non-hydrogen) atoms. The first-order valence-electron chi connectivity index (χ1n) is 25.6. The number of fused-ring (bicyclic) bond motifs is 9. The summed E-state index contributed by atoms with van der Waals surface area (Å²) in [5.74, 6) is 0. The number of hydrogen-bond acceptors (Lipinski definition) is 1. The van der Waals surface area contributed by atoms with E-state index in [0.29, 0.717) is 34.1 Å². The molecule has 2 heterocycles. The highest BCUT2D eigenvalue weighted by molar-refractivity contribution is 6.99. The van der Waals surface area contributed by atoms with Crippen LogP contribution in [0.2, 0.25) is 118 Å². The molecule has 2 aliphatic rings. The highest BCUT2D eigenvalue weighted by Crippen LogP contribution is 2.59. The van der Waals surface area contributed by atoms with Gasteiger partial charge < -0.3 is 4.74 Å². The van der Waals surface area contributed by atoms with Crippen LogP contribution in [0.5, 0.6) is 0 Å². The van der Waals surface area contributed by atoms with E-state index in [1.54, 1.807) is 20.8 Å². The molecule has 0 saturated heterocycles. The van der Waals surface area contributed by atoms with E-state index in [0.717, 1.165) is 32.3 Å². The standard InChI is InChI=1S/C22H24N2OSi2.C22H24N2Si2.C18H22N2Si2/c1-23-17-11-13-9-15-16(10-14(13)12-18(17)24-2)20-22(27(6,7)8)21(19(15)25-20)26(3,4)5;1-23-19-11-15-9-17-13-21(25(3,4)5)22(26(6,7)8)14-18(17)10-16(15)12-20(19)24-2;1-19-15-9-13-11-17(21(3,4)5)18(22(6,7)8)12-14(13)10-16(15)20-2/h9-12,19-20H,3-8H3;9-14H,3-8H3;9-12H,3-8H3. The van der Waals surface area contributed by atoms with Gasteiger partial charge in [0.2, 0.25) is 0 Å². The van der Waals surface area contributed by atoms with Crippen molar-refractivity contribution in [2.24, 2.45) is 0 Å². The van der Waals surface area contributed by atoms with Crippen LogP contribution in [0.1, 0.15) is 23.3 Å². The van der Waals surface area contributed by atoms with Crippen LogP contribution >= 0.6 is 0 Å². The fourth-order valence-corrected chi connectivity index (χ4v) is 27.4.